The van der Waals surface area contributed by atoms with Crippen LogP contribution in [0.3, 0.4) is 0 Å². The van der Waals surface area contributed by atoms with Crippen molar-refractivity contribution in [3.8, 4) is 5.75 Å². The van der Waals surface area contributed by atoms with Gasteiger partial charge in [0.15, 0.2) is 0 Å². The van der Waals surface area contributed by atoms with Crippen molar-refractivity contribution in [2.45, 2.75) is 70.3 Å². The van der Waals surface area contributed by atoms with Crippen molar-refractivity contribution in [2.75, 3.05) is 52.5 Å². The molecule has 0 aliphatic carbocycles. The molecule has 3 aliphatic heterocycles. The minimum absolute atomic E-state index is 0.0251. The number of likely N-dealkylation sites (tertiary alicyclic amines) is 2. The van der Waals surface area contributed by atoms with E-state index in [0.29, 0.717) is 58.6 Å². The summed E-state index contributed by atoms with van der Waals surface area (Å²) in [5, 5.41) is 19.8. The SMILES string of the molecule is CCCCN(CCCO)C(=O)CN1CC(c2ccc3c(c2)CCO3)C(C(=O)O)C1CCN1CCCCC1=O. The number of amides is 2. The summed E-state index contributed by atoms with van der Waals surface area (Å²) in [7, 11) is 0. The van der Waals surface area contributed by atoms with Gasteiger partial charge in [0.1, 0.15) is 5.75 Å². The number of hydrogen-bond acceptors (Lipinski definition) is 6. The second-order valence-corrected chi connectivity index (χ2v) is 10.9. The smallest absolute Gasteiger partial charge is 0.308 e. The van der Waals surface area contributed by atoms with Crippen molar-refractivity contribution < 1.29 is 29.3 Å². The molecule has 0 aromatic heterocycles. The second kappa shape index (κ2) is 13.4. The lowest BCUT2D eigenvalue weighted by Gasteiger charge is -2.32. The largest absolute Gasteiger partial charge is 0.493 e. The van der Waals surface area contributed by atoms with Gasteiger partial charge in [-0.2, -0.15) is 0 Å². The van der Waals surface area contributed by atoms with E-state index in [0.717, 1.165) is 49.0 Å². The number of hydrogen-bond donors (Lipinski definition) is 2. The number of ether oxygens (including phenoxy) is 1. The number of fused-ring (bicyclic) bond motifs is 1. The third-order valence-electron chi connectivity index (χ3n) is 8.35. The molecule has 2 fully saturated rings. The monoisotopic (exact) mass is 529 g/mol. The molecular formula is C29H43N3O6. The lowest BCUT2D eigenvalue weighted by Crippen LogP contribution is -2.46. The van der Waals surface area contributed by atoms with E-state index in [1.165, 1.54) is 0 Å². The highest BCUT2D eigenvalue weighted by atomic mass is 16.5. The molecule has 9 nitrogen and oxygen atoms in total. The maximum atomic E-state index is 13.5. The van der Waals surface area contributed by atoms with E-state index in [1.54, 1.807) is 4.90 Å². The standard InChI is InChI=1S/C29H43N3O6/c1-2-3-12-30(14-6-16-33)27(35)20-32-19-23(21-8-9-25-22(18-21)11-17-38-25)28(29(36)37)24(32)10-15-31-13-5-4-7-26(31)34/h8-9,18,23-24,28,33H,2-7,10-17,19-20H2,1H3,(H,36,37). The Hall–Kier alpha value is -2.65. The van der Waals surface area contributed by atoms with Crippen LogP contribution in [0, 0.1) is 5.92 Å². The first kappa shape index (κ1) is 28.4. The summed E-state index contributed by atoms with van der Waals surface area (Å²) in [4.78, 5) is 44.4. The van der Waals surface area contributed by atoms with Crippen LogP contribution >= 0.6 is 0 Å². The highest BCUT2D eigenvalue weighted by Crippen LogP contribution is 2.41. The molecule has 4 rings (SSSR count). The van der Waals surface area contributed by atoms with Crippen LogP contribution in [-0.4, -0.2) is 101 Å². The number of rotatable bonds is 13. The number of unbranched alkanes of at least 4 members (excludes halogenated alkanes) is 1. The predicted octanol–water partition coefficient (Wildman–Crippen LogP) is 2.50. The predicted molar refractivity (Wildman–Crippen MR) is 143 cm³/mol. The van der Waals surface area contributed by atoms with E-state index in [4.69, 9.17) is 4.74 Å². The van der Waals surface area contributed by atoms with Gasteiger partial charge >= 0.3 is 5.97 Å². The molecule has 3 heterocycles. The molecule has 2 saturated heterocycles. The molecule has 1 aromatic rings. The van der Waals surface area contributed by atoms with Crippen LogP contribution in [-0.2, 0) is 20.8 Å². The Balaban J connectivity index is 1.57. The first-order chi connectivity index (χ1) is 18.4. The lowest BCUT2D eigenvalue weighted by molar-refractivity contribution is -0.144. The number of aliphatic carboxylic acids is 1. The normalized spacial score (nSPS) is 23.4. The number of piperidine rings is 1. The average molecular weight is 530 g/mol. The zero-order chi connectivity index (χ0) is 27.1. The van der Waals surface area contributed by atoms with Crippen LogP contribution in [0.5, 0.6) is 5.75 Å². The van der Waals surface area contributed by atoms with Gasteiger partial charge in [0.05, 0.1) is 19.1 Å². The van der Waals surface area contributed by atoms with Crippen LogP contribution in [0.2, 0.25) is 0 Å². The zero-order valence-corrected chi connectivity index (χ0v) is 22.6. The molecule has 0 saturated carbocycles. The molecule has 1 aromatic carbocycles. The maximum Gasteiger partial charge on any atom is 0.308 e. The van der Waals surface area contributed by atoms with Crippen LogP contribution < -0.4 is 4.74 Å². The molecule has 3 aliphatic rings. The van der Waals surface area contributed by atoms with Gasteiger partial charge in [0, 0.05) is 64.1 Å². The van der Waals surface area contributed by atoms with Crippen molar-refractivity contribution in [3.63, 3.8) is 0 Å². The Labute approximate surface area is 225 Å². The van der Waals surface area contributed by atoms with E-state index in [-0.39, 0.29) is 36.9 Å². The van der Waals surface area contributed by atoms with Gasteiger partial charge in [0.25, 0.3) is 0 Å². The first-order valence-corrected chi connectivity index (χ1v) is 14.3. The summed E-state index contributed by atoms with van der Waals surface area (Å²) in [6.45, 7) is 5.70. The second-order valence-electron chi connectivity index (χ2n) is 10.9. The Morgan fingerprint density at radius 3 is 2.71 bits per heavy atom. The number of nitrogens with zero attached hydrogens (tertiary/aromatic N) is 3. The number of aliphatic hydroxyl groups excluding tert-OH is 1. The molecule has 2 amide bonds. The summed E-state index contributed by atoms with van der Waals surface area (Å²) < 4.78 is 5.66. The molecule has 3 atom stereocenters. The summed E-state index contributed by atoms with van der Waals surface area (Å²) >= 11 is 0. The molecule has 2 N–H and O–H groups in total. The van der Waals surface area contributed by atoms with E-state index < -0.39 is 11.9 Å². The minimum Gasteiger partial charge on any atom is -0.493 e. The number of aliphatic hydroxyl groups is 1. The summed E-state index contributed by atoms with van der Waals surface area (Å²) in [6.07, 6.45) is 6.12. The number of carbonyl (C=O) groups excluding carboxylic acids is 2. The topological polar surface area (TPSA) is 111 Å². The highest BCUT2D eigenvalue weighted by Gasteiger charge is 2.47. The molecule has 9 heteroatoms. The molecule has 210 valence electrons. The van der Waals surface area contributed by atoms with Crippen molar-refractivity contribution >= 4 is 17.8 Å². The van der Waals surface area contributed by atoms with Gasteiger partial charge in [0.2, 0.25) is 11.8 Å². The fourth-order valence-electron chi connectivity index (χ4n) is 6.26. The van der Waals surface area contributed by atoms with Gasteiger partial charge in [-0.3, -0.25) is 19.3 Å². The summed E-state index contributed by atoms with van der Waals surface area (Å²) in [5.41, 5.74) is 2.07. The number of carboxylic acid groups (broad SMARTS) is 1. The Bertz CT molecular complexity index is 977. The van der Waals surface area contributed by atoms with Crippen LogP contribution in [0.1, 0.15) is 68.9 Å². The zero-order valence-electron chi connectivity index (χ0n) is 22.6. The van der Waals surface area contributed by atoms with E-state index in [9.17, 15) is 24.6 Å². The highest BCUT2D eigenvalue weighted by molar-refractivity contribution is 5.79. The number of carboxylic acids is 1. The maximum absolute atomic E-state index is 13.5. The Morgan fingerprint density at radius 1 is 1.16 bits per heavy atom. The van der Waals surface area contributed by atoms with Gasteiger partial charge in [-0.25, -0.2) is 0 Å². The fourth-order valence-corrected chi connectivity index (χ4v) is 6.26. The van der Waals surface area contributed by atoms with Crippen molar-refractivity contribution in [2.24, 2.45) is 5.92 Å². The van der Waals surface area contributed by atoms with Gasteiger partial charge < -0.3 is 24.7 Å². The fraction of sp³-hybridized carbons (Fsp3) is 0.690. The Morgan fingerprint density at radius 2 is 1.97 bits per heavy atom. The van der Waals surface area contributed by atoms with Gasteiger partial charge in [-0.05, 0) is 49.3 Å². The molecular weight excluding hydrogens is 486 g/mol. The summed E-state index contributed by atoms with van der Waals surface area (Å²) in [5.74, 6) is -0.827. The summed E-state index contributed by atoms with van der Waals surface area (Å²) in [6, 6.07) is 5.63. The molecule has 3 unspecified atom stereocenters. The van der Waals surface area contributed by atoms with E-state index >= 15 is 0 Å². The average Bonchev–Trinajstić information content (AvgIpc) is 3.52. The van der Waals surface area contributed by atoms with Crippen LogP contribution in [0.15, 0.2) is 18.2 Å². The van der Waals surface area contributed by atoms with Gasteiger partial charge in [-0.1, -0.05) is 25.5 Å². The van der Waals surface area contributed by atoms with Crippen molar-refractivity contribution in [1.82, 2.24) is 14.7 Å². The molecule has 0 radical (unpaired) electrons. The van der Waals surface area contributed by atoms with Crippen LogP contribution in [0.4, 0.5) is 0 Å². The third kappa shape index (κ3) is 6.67. The molecule has 0 spiro atoms. The first-order valence-electron chi connectivity index (χ1n) is 14.3. The molecule has 0 bridgehead atoms. The third-order valence-corrected chi connectivity index (χ3v) is 8.35. The van der Waals surface area contributed by atoms with Crippen molar-refractivity contribution in [3.05, 3.63) is 29.3 Å². The number of benzene rings is 1. The van der Waals surface area contributed by atoms with Crippen LogP contribution in [0.25, 0.3) is 0 Å². The minimum atomic E-state index is -0.861. The van der Waals surface area contributed by atoms with Gasteiger partial charge in [-0.15, -0.1) is 0 Å². The van der Waals surface area contributed by atoms with Crippen molar-refractivity contribution in [1.29, 1.82) is 0 Å². The number of carbonyl (C=O) groups is 3. The Kier molecular flexibility index (Phi) is 10.0. The van der Waals surface area contributed by atoms with E-state index in [1.807, 2.05) is 21.9 Å². The molecule has 38 heavy (non-hydrogen) atoms. The quantitative estimate of drug-likeness (QED) is 0.404. The lowest BCUT2D eigenvalue weighted by atomic mass is 9.83. The van der Waals surface area contributed by atoms with E-state index in [2.05, 4.69) is 13.0 Å².